The number of nitrogens with zero attached hydrogens (tertiary/aromatic N) is 1. The van der Waals surface area contributed by atoms with E-state index in [4.69, 9.17) is 4.74 Å². The number of benzene rings is 1. The van der Waals surface area contributed by atoms with E-state index < -0.39 is 11.0 Å². The van der Waals surface area contributed by atoms with Crippen LogP contribution in [0.1, 0.15) is 19.4 Å². The van der Waals surface area contributed by atoms with Crippen LogP contribution in [0, 0.1) is 16.0 Å². The van der Waals surface area contributed by atoms with Crippen LogP contribution in [0.15, 0.2) is 24.3 Å². The summed E-state index contributed by atoms with van der Waals surface area (Å²) in [7, 11) is 0. The lowest BCUT2D eigenvalue weighted by Gasteiger charge is -2.13. The first kappa shape index (κ1) is 16.6. The summed E-state index contributed by atoms with van der Waals surface area (Å²) >= 11 is 0. The Morgan fingerprint density at radius 1 is 1.35 bits per heavy atom. The normalized spacial score (nSPS) is 12.6. The molecule has 0 saturated carbocycles. The summed E-state index contributed by atoms with van der Waals surface area (Å²) in [5, 5.41) is 23.5. The van der Waals surface area contributed by atoms with Crippen molar-refractivity contribution in [3.63, 3.8) is 0 Å². The van der Waals surface area contributed by atoms with Gasteiger partial charge in [0.1, 0.15) is 0 Å². The molecule has 6 heteroatoms. The molecule has 1 rings (SSSR count). The number of nitrogens with one attached hydrogen (secondary N) is 1. The van der Waals surface area contributed by atoms with Crippen LogP contribution in [0.25, 0.3) is 0 Å². The quantitative estimate of drug-likeness (QED) is 0.532. The predicted molar refractivity (Wildman–Crippen MR) is 76.5 cm³/mol. The van der Waals surface area contributed by atoms with Gasteiger partial charge in [0.15, 0.2) is 0 Å². The van der Waals surface area contributed by atoms with E-state index in [-0.39, 0.29) is 12.3 Å². The first-order valence-electron chi connectivity index (χ1n) is 6.69. The highest BCUT2D eigenvalue weighted by Gasteiger charge is 2.12. The van der Waals surface area contributed by atoms with E-state index in [0.717, 1.165) is 0 Å². The molecule has 0 saturated heterocycles. The fourth-order valence-electron chi connectivity index (χ4n) is 1.71. The van der Waals surface area contributed by atoms with Gasteiger partial charge in [-0.2, -0.15) is 0 Å². The van der Waals surface area contributed by atoms with Crippen LogP contribution >= 0.6 is 0 Å². The molecule has 0 amide bonds. The third-order valence-corrected chi connectivity index (χ3v) is 2.65. The molecule has 0 aliphatic carbocycles. The second-order valence-corrected chi connectivity index (χ2v) is 5.10. The van der Waals surface area contributed by atoms with Crippen molar-refractivity contribution >= 4 is 5.69 Å². The molecular formula is C14H22N2O4. The molecular weight excluding hydrogens is 260 g/mol. The Balaban J connectivity index is 2.32. The molecule has 0 bridgehead atoms. The van der Waals surface area contributed by atoms with Crippen molar-refractivity contribution in [3.8, 4) is 0 Å². The molecule has 1 atom stereocenters. The number of aliphatic hydroxyl groups excluding tert-OH is 1. The first-order chi connectivity index (χ1) is 9.50. The van der Waals surface area contributed by atoms with E-state index in [1.54, 1.807) is 18.2 Å². The Morgan fingerprint density at radius 2 is 2.05 bits per heavy atom. The van der Waals surface area contributed by atoms with Gasteiger partial charge >= 0.3 is 0 Å². The van der Waals surface area contributed by atoms with E-state index in [2.05, 4.69) is 5.32 Å². The van der Waals surface area contributed by atoms with Crippen molar-refractivity contribution in [2.75, 3.05) is 19.8 Å². The molecule has 112 valence electrons. The van der Waals surface area contributed by atoms with E-state index in [0.29, 0.717) is 31.2 Å². The van der Waals surface area contributed by atoms with Crippen LogP contribution in [0.4, 0.5) is 5.69 Å². The summed E-state index contributed by atoms with van der Waals surface area (Å²) in [4.78, 5) is 10.4. The molecule has 0 aliphatic rings. The summed E-state index contributed by atoms with van der Waals surface area (Å²) in [5.41, 5.74) is 0.693. The van der Waals surface area contributed by atoms with Crippen LogP contribution in [0.2, 0.25) is 0 Å². The summed E-state index contributed by atoms with van der Waals surface area (Å²) in [5.74, 6) is 0.433. The minimum absolute atomic E-state index is 0.0885. The first-order valence-corrected chi connectivity index (χ1v) is 6.69. The summed E-state index contributed by atoms with van der Waals surface area (Å²) in [6.07, 6.45) is -0.614. The minimum Gasteiger partial charge on any atom is -0.389 e. The van der Waals surface area contributed by atoms with Gasteiger partial charge in [-0.1, -0.05) is 32.0 Å². The molecule has 2 N–H and O–H groups in total. The van der Waals surface area contributed by atoms with Gasteiger partial charge in [0.25, 0.3) is 5.69 Å². The maximum Gasteiger partial charge on any atom is 0.273 e. The minimum atomic E-state index is -0.614. The van der Waals surface area contributed by atoms with Crippen LogP contribution in [-0.2, 0) is 11.3 Å². The number of hydrogen-bond donors (Lipinski definition) is 2. The van der Waals surface area contributed by atoms with E-state index in [1.165, 1.54) is 6.07 Å². The lowest BCUT2D eigenvalue weighted by Crippen LogP contribution is -2.30. The maximum atomic E-state index is 10.8. The van der Waals surface area contributed by atoms with Gasteiger partial charge in [0.05, 0.1) is 17.6 Å². The average Bonchev–Trinajstić information content (AvgIpc) is 2.38. The molecule has 20 heavy (non-hydrogen) atoms. The number of para-hydroxylation sites is 1. The fourth-order valence-corrected chi connectivity index (χ4v) is 1.71. The SMILES string of the molecule is CC(C)COCC(O)CNCc1ccccc1[N+](=O)[O-]. The number of nitro groups is 1. The van der Waals surface area contributed by atoms with Crippen molar-refractivity contribution < 1.29 is 14.8 Å². The molecule has 0 fully saturated rings. The zero-order valence-electron chi connectivity index (χ0n) is 11.9. The van der Waals surface area contributed by atoms with Gasteiger partial charge in [0, 0.05) is 31.3 Å². The van der Waals surface area contributed by atoms with Crippen molar-refractivity contribution in [2.24, 2.45) is 5.92 Å². The monoisotopic (exact) mass is 282 g/mol. The zero-order chi connectivity index (χ0) is 15.0. The van der Waals surface area contributed by atoms with Crippen LogP contribution in [-0.4, -0.2) is 35.9 Å². The van der Waals surface area contributed by atoms with Crippen LogP contribution in [0.5, 0.6) is 0 Å². The van der Waals surface area contributed by atoms with E-state index >= 15 is 0 Å². The number of aliphatic hydroxyl groups is 1. The molecule has 1 aromatic rings. The second-order valence-electron chi connectivity index (χ2n) is 5.10. The Kier molecular flexibility index (Phi) is 7.14. The summed E-state index contributed by atoms with van der Waals surface area (Å²) in [6, 6.07) is 6.56. The largest absolute Gasteiger partial charge is 0.389 e. The fraction of sp³-hybridized carbons (Fsp3) is 0.571. The van der Waals surface area contributed by atoms with Crippen molar-refractivity contribution in [2.45, 2.75) is 26.5 Å². The Hall–Kier alpha value is -1.50. The number of ether oxygens (including phenoxy) is 1. The molecule has 1 aromatic carbocycles. The molecule has 0 spiro atoms. The van der Waals surface area contributed by atoms with E-state index in [9.17, 15) is 15.2 Å². The zero-order valence-corrected chi connectivity index (χ0v) is 11.9. The third kappa shape index (κ3) is 6.10. The standard InChI is InChI=1S/C14H22N2O4/c1-11(2)9-20-10-13(17)8-15-7-12-5-3-4-6-14(12)16(18)19/h3-6,11,13,15,17H,7-10H2,1-2H3. The highest BCUT2D eigenvalue weighted by Crippen LogP contribution is 2.16. The topological polar surface area (TPSA) is 84.6 Å². The van der Waals surface area contributed by atoms with Gasteiger partial charge in [-0.05, 0) is 5.92 Å². The Labute approximate surface area is 118 Å². The van der Waals surface area contributed by atoms with Gasteiger partial charge in [-0.25, -0.2) is 0 Å². The van der Waals surface area contributed by atoms with Crippen molar-refractivity contribution in [3.05, 3.63) is 39.9 Å². The summed E-state index contributed by atoms with van der Waals surface area (Å²) in [6.45, 7) is 5.64. The second kappa shape index (κ2) is 8.63. The molecule has 6 nitrogen and oxygen atoms in total. The lowest BCUT2D eigenvalue weighted by molar-refractivity contribution is -0.385. The molecule has 0 heterocycles. The summed E-state index contributed by atoms with van der Waals surface area (Å²) < 4.78 is 5.32. The molecule has 1 unspecified atom stereocenters. The molecule has 0 aliphatic heterocycles. The van der Waals surface area contributed by atoms with E-state index in [1.807, 2.05) is 13.8 Å². The lowest BCUT2D eigenvalue weighted by atomic mass is 10.2. The predicted octanol–water partition coefficient (Wildman–Crippen LogP) is 1.72. The van der Waals surface area contributed by atoms with Crippen LogP contribution in [0.3, 0.4) is 0 Å². The molecule has 0 radical (unpaired) electrons. The van der Waals surface area contributed by atoms with Crippen LogP contribution < -0.4 is 5.32 Å². The van der Waals surface area contributed by atoms with Gasteiger partial charge in [-0.15, -0.1) is 0 Å². The van der Waals surface area contributed by atoms with Gasteiger partial charge in [0.2, 0.25) is 0 Å². The average molecular weight is 282 g/mol. The smallest absolute Gasteiger partial charge is 0.273 e. The number of nitro benzene ring substituents is 1. The third-order valence-electron chi connectivity index (χ3n) is 2.65. The maximum absolute atomic E-state index is 10.8. The van der Waals surface area contributed by atoms with Gasteiger partial charge in [-0.3, -0.25) is 10.1 Å². The highest BCUT2D eigenvalue weighted by molar-refractivity contribution is 5.39. The highest BCUT2D eigenvalue weighted by atomic mass is 16.6. The van der Waals surface area contributed by atoms with Crippen molar-refractivity contribution in [1.29, 1.82) is 0 Å². The van der Waals surface area contributed by atoms with Crippen molar-refractivity contribution in [1.82, 2.24) is 5.32 Å². The Morgan fingerprint density at radius 3 is 2.70 bits per heavy atom. The molecule has 0 aromatic heterocycles. The number of rotatable bonds is 9. The van der Waals surface area contributed by atoms with Gasteiger partial charge < -0.3 is 15.2 Å². The Bertz CT molecular complexity index is 423. The number of hydrogen-bond acceptors (Lipinski definition) is 5.